The molecule has 3 heterocycles. The number of pyridine rings is 1. The lowest BCUT2D eigenvalue weighted by Crippen LogP contribution is -2.39. The maximum atomic E-state index is 12.7. The van der Waals surface area contributed by atoms with Crippen molar-refractivity contribution in [2.45, 2.75) is 52.6 Å². The Kier molecular flexibility index (Phi) is 6.46. The Morgan fingerprint density at radius 3 is 2.78 bits per heavy atom. The molecule has 1 aliphatic rings. The molecule has 0 amide bonds. The molecule has 0 bridgehead atoms. The van der Waals surface area contributed by atoms with E-state index in [0.717, 1.165) is 53.9 Å². The van der Waals surface area contributed by atoms with Crippen LogP contribution >= 0.6 is 0 Å². The number of anilines is 1. The summed E-state index contributed by atoms with van der Waals surface area (Å²) in [5, 5.41) is 5.98. The van der Waals surface area contributed by atoms with E-state index in [4.69, 9.17) is 19.6 Å². The van der Waals surface area contributed by atoms with Gasteiger partial charge in [0.15, 0.2) is 11.3 Å². The van der Waals surface area contributed by atoms with Crippen LogP contribution in [-0.2, 0) is 9.47 Å². The number of nitrogens with zero attached hydrogens (tertiary/aromatic N) is 4. The zero-order valence-corrected chi connectivity index (χ0v) is 19.6. The Morgan fingerprint density at radius 1 is 1.28 bits per heavy atom. The van der Waals surface area contributed by atoms with Crippen molar-refractivity contribution < 1.29 is 14.3 Å². The summed E-state index contributed by atoms with van der Waals surface area (Å²) in [6, 6.07) is 10.0. The highest BCUT2D eigenvalue weighted by atomic mass is 16.5. The molecule has 3 aromatic rings. The number of hydrogen-bond donors (Lipinski definition) is 0. The minimum absolute atomic E-state index is 0.160. The highest BCUT2D eigenvalue weighted by Gasteiger charge is 2.28. The summed E-state index contributed by atoms with van der Waals surface area (Å²) < 4.78 is 12.8. The lowest BCUT2D eigenvalue weighted by Gasteiger charge is -2.34. The highest BCUT2D eigenvalue weighted by molar-refractivity contribution is 5.99. The van der Waals surface area contributed by atoms with Crippen LogP contribution in [0.15, 0.2) is 30.3 Å². The average Bonchev–Trinajstić information content (AvgIpc) is 3.18. The molecule has 0 N–H and O–H groups in total. The Morgan fingerprint density at radius 2 is 2.09 bits per heavy atom. The van der Waals surface area contributed by atoms with Crippen molar-refractivity contribution in [3.63, 3.8) is 0 Å². The first-order valence-corrected chi connectivity index (χ1v) is 11.4. The van der Waals surface area contributed by atoms with E-state index in [9.17, 15) is 4.79 Å². The first-order valence-electron chi connectivity index (χ1n) is 11.4. The largest absolute Gasteiger partial charge is 0.461 e. The average molecular weight is 437 g/mol. The van der Waals surface area contributed by atoms with Crippen LogP contribution in [0.25, 0.3) is 16.7 Å². The fourth-order valence-corrected chi connectivity index (χ4v) is 4.37. The molecule has 2 aromatic heterocycles. The number of carbonyl (C=O) groups is 1. The number of piperidine rings is 1. The summed E-state index contributed by atoms with van der Waals surface area (Å²) in [6.07, 6.45) is 2.22. The Balaban J connectivity index is 1.99. The Bertz CT molecular complexity index is 1120. The third-order valence-corrected chi connectivity index (χ3v) is 5.97. The van der Waals surface area contributed by atoms with Gasteiger partial charge in [-0.05, 0) is 56.4 Å². The lowest BCUT2D eigenvalue weighted by atomic mass is 10.0. The molecule has 7 nitrogen and oxygen atoms in total. The van der Waals surface area contributed by atoms with E-state index >= 15 is 0 Å². The molecule has 1 atom stereocenters. The molecule has 1 saturated heterocycles. The molecule has 1 fully saturated rings. The van der Waals surface area contributed by atoms with Crippen LogP contribution in [-0.4, -0.2) is 53.6 Å². The molecule has 0 spiro atoms. The van der Waals surface area contributed by atoms with Crippen molar-refractivity contribution in [1.82, 2.24) is 14.8 Å². The van der Waals surface area contributed by atoms with Gasteiger partial charge in [0.05, 0.1) is 35.2 Å². The van der Waals surface area contributed by atoms with Gasteiger partial charge in [0.1, 0.15) is 0 Å². The molecule has 0 aliphatic carbocycles. The molecule has 1 unspecified atom stereocenters. The number of aryl methyl sites for hydroxylation is 1. The van der Waals surface area contributed by atoms with Gasteiger partial charge < -0.3 is 14.4 Å². The first kappa shape index (κ1) is 22.3. The van der Waals surface area contributed by atoms with Crippen molar-refractivity contribution in [2.75, 3.05) is 31.7 Å². The van der Waals surface area contributed by atoms with E-state index in [1.165, 1.54) is 0 Å². The van der Waals surface area contributed by atoms with Crippen LogP contribution in [0.2, 0.25) is 0 Å². The third-order valence-electron chi connectivity index (χ3n) is 5.97. The second-order valence-electron chi connectivity index (χ2n) is 8.68. The topological polar surface area (TPSA) is 69.5 Å². The number of aromatic nitrogens is 3. The van der Waals surface area contributed by atoms with Gasteiger partial charge >= 0.3 is 5.97 Å². The molecule has 0 radical (unpaired) electrons. The van der Waals surface area contributed by atoms with Crippen LogP contribution < -0.4 is 4.90 Å². The fraction of sp³-hybridized carbons (Fsp3) is 0.480. The van der Waals surface area contributed by atoms with E-state index in [1.54, 1.807) is 14.0 Å². The third kappa shape index (κ3) is 4.21. The van der Waals surface area contributed by atoms with E-state index in [2.05, 4.69) is 37.8 Å². The summed E-state index contributed by atoms with van der Waals surface area (Å²) in [5.41, 5.74) is 4.99. The number of carbonyl (C=O) groups excluding carboxylic acids is 1. The summed E-state index contributed by atoms with van der Waals surface area (Å²) in [6.45, 7) is 10.1. The quantitative estimate of drug-likeness (QED) is 0.524. The molecular weight excluding hydrogens is 404 g/mol. The number of esters is 1. The van der Waals surface area contributed by atoms with Crippen LogP contribution in [0.5, 0.6) is 0 Å². The minimum atomic E-state index is -0.418. The highest BCUT2D eigenvalue weighted by Crippen LogP contribution is 2.36. The van der Waals surface area contributed by atoms with Gasteiger partial charge in [0.2, 0.25) is 0 Å². The summed E-state index contributed by atoms with van der Waals surface area (Å²) in [4.78, 5) is 19.8. The maximum Gasteiger partial charge on any atom is 0.357 e. The van der Waals surface area contributed by atoms with Gasteiger partial charge in [-0.3, -0.25) is 0 Å². The molecule has 7 heteroatoms. The number of benzene rings is 1. The summed E-state index contributed by atoms with van der Waals surface area (Å²) >= 11 is 0. The molecule has 0 saturated carbocycles. The van der Waals surface area contributed by atoms with E-state index in [0.29, 0.717) is 17.9 Å². The van der Waals surface area contributed by atoms with E-state index in [1.807, 2.05) is 22.9 Å². The molecular formula is C25H32N4O3. The molecule has 1 aliphatic heterocycles. The summed E-state index contributed by atoms with van der Waals surface area (Å²) in [7, 11) is 1.76. The van der Waals surface area contributed by atoms with Crippen molar-refractivity contribution in [1.29, 1.82) is 0 Å². The van der Waals surface area contributed by atoms with Crippen LogP contribution in [0.1, 0.15) is 61.3 Å². The predicted octanol–water partition coefficient (Wildman–Crippen LogP) is 4.64. The standard InChI is InChI=1S/C25H32N4O3/c1-6-32-25(30)20-14-21(28-12-8-11-19(15-28)31-5)22-23(16(2)3)27-29(24(22)26-20)18-10-7-9-17(4)13-18/h7,9-10,13-14,16,19H,6,8,11-12,15H2,1-5H3. The lowest BCUT2D eigenvalue weighted by molar-refractivity contribution is 0.0520. The Hall–Kier alpha value is -2.93. The molecule has 1 aromatic carbocycles. The normalized spacial score (nSPS) is 16.7. The van der Waals surface area contributed by atoms with Gasteiger partial charge in [-0.2, -0.15) is 5.10 Å². The smallest absolute Gasteiger partial charge is 0.357 e. The van der Waals surface area contributed by atoms with Crippen LogP contribution in [0.4, 0.5) is 5.69 Å². The SMILES string of the molecule is CCOC(=O)c1cc(N2CCCC(OC)C2)c2c(C(C)C)nn(-c3cccc(C)c3)c2n1. The van der Waals surface area contributed by atoms with E-state index in [-0.39, 0.29) is 12.0 Å². The maximum absolute atomic E-state index is 12.7. The van der Waals surface area contributed by atoms with Gasteiger partial charge in [-0.15, -0.1) is 0 Å². The zero-order valence-electron chi connectivity index (χ0n) is 19.6. The number of ether oxygens (including phenoxy) is 2. The second kappa shape index (κ2) is 9.28. The number of hydrogen-bond acceptors (Lipinski definition) is 6. The second-order valence-corrected chi connectivity index (χ2v) is 8.68. The van der Waals surface area contributed by atoms with Crippen LogP contribution in [0, 0.1) is 6.92 Å². The monoisotopic (exact) mass is 436 g/mol. The van der Waals surface area contributed by atoms with Gasteiger partial charge in [0.25, 0.3) is 0 Å². The number of fused-ring (bicyclic) bond motifs is 1. The van der Waals surface area contributed by atoms with Crippen molar-refractivity contribution in [3.8, 4) is 5.69 Å². The van der Waals surface area contributed by atoms with Gasteiger partial charge in [0, 0.05) is 20.2 Å². The summed E-state index contributed by atoms with van der Waals surface area (Å²) in [5.74, 6) is -0.223. The van der Waals surface area contributed by atoms with Gasteiger partial charge in [-0.1, -0.05) is 26.0 Å². The number of methoxy groups -OCH3 is 1. The molecule has 4 rings (SSSR count). The molecule has 170 valence electrons. The van der Waals surface area contributed by atoms with Gasteiger partial charge in [-0.25, -0.2) is 14.5 Å². The first-order chi connectivity index (χ1) is 15.4. The minimum Gasteiger partial charge on any atom is -0.461 e. The van der Waals surface area contributed by atoms with E-state index < -0.39 is 5.97 Å². The van der Waals surface area contributed by atoms with Crippen molar-refractivity contribution >= 4 is 22.7 Å². The van der Waals surface area contributed by atoms with Crippen LogP contribution in [0.3, 0.4) is 0 Å². The zero-order chi connectivity index (χ0) is 22.8. The van der Waals surface area contributed by atoms with Crippen molar-refractivity contribution in [3.05, 3.63) is 47.3 Å². The predicted molar refractivity (Wildman–Crippen MR) is 126 cm³/mol. The fourth-order valence-electron chi connectivity index (χ4n) is 4.37. The van der Waals surface area contributed by atoms with Crippen molar-refractivity contribution in [2.24, 2.45) is 0 Å². The Labute approximate surface area is 189 Å². The number of rotatable bonds is 6. The molecule has 32 heavy (non-hydrogen) atoms.